The maximum Gasteiger partial charge on any atom is 0.322 e. The minimum atomic E-state index is -0.275. The van der Waals surface area contributed by atoms with Crippen molar-refractivity contribution in [2.75, 3.05) is 5.32 Å². The number of aryl methyl sites for hydroxylation is 2. The first kappa shape index (κ1) is 14.0. The van der Waals surface area contributed by atoms with Crippen LogP contribution in [0.2, 0.25) is 0 Å². The van der Waals surface area contributed by atoms with Gasteiger partial charge in [-0.15, -0.1) is 5.10 Å². The van der Waals surface area contributed by atoms with E-state index >= 15 is 0 Å². The SMILES string of the molecule is Cc1cccc(C(=O)Nc2nnc(-c3cccc(C)c3)o2)c1. The topological polar surface area (TPSA) is 68.0 Å². The highest BCUT2D eigenvalue weighted by Crippen LogP contribution is 2.21. The fourth-order valence-electron chi connectivity index (χ4n) is 2.12. The van der Waals surface area contributed by atoms with Gasteiger partial charge in [-0.3, -0.25) is 10.1 Å². The largest absolute Gasteiger partial charge is 0.403 e. The van der Waals surface area contributed by atoms with Crippen molar-refractivity contribution < 1.29 is 9.21 Å². The van der Waals surface area contributed by atoms with E-state index in [0.29, 0.717) is 11.5 Å². The molecule has 0 aliphatic carbocycles. The number of amides is 1. The molecular weight excluding hydrogens is 278 g/mol. The normalized spacial score (nSPS) is 10.5. The van der Waals surface area contributed by atoms with Gasteiger partial charge in [-0.25, -0.2) is 0 Å². The third-order valence-electron chi connectivity index (χ3n) is 3.19. The van der Waals surface area contributed by atoms with Gasteiger partial charge in [0.25, 0.3) is 5.91 Å². The van der Waals surface area contributed by atoms with Crippen molar-refractivity contribution in [3.8, 4) is 11.5 Å². The van der Waals surface area contributed by atoms with Gasteiger partial charge in [0.05, 0.1) is 0 Å². The Kier molecular flexibility index (Phi) is 3.70. The molecule has 0 radical (unpaired) electrons. The summed E-state index contributed by atoms with van der Waals surface area (Å²) in [5.74, 6) is 0.103. The number of carbonyl (C=O) groups excluding carboxylic acids is 1. The van der Waals surface area contributed by atoms with Crippen LogP contribution in [0.4, 0.5) is 6.01 Å². The summed E-state index contributed by atoms with van der Waals surface area (Å²) >= 11 is 0. The fourth-order valence-corrected chi connectivity index (χ4v) is 2.12. The molecule has 110 valence electrons. The number of nitrogens with zero attached hydrogens (tertiary/aromatic N) is 2. The summed E-state index contributed by atoms with van der Waals surface area (Å²) in [5.41, 5.74) is 3.48. The Morgan fingerprint density at radius 2 is 1.73 bits per heavy atom. The molecule has 0 fully saturated rings. The van der Waals surface area contributed by atoms with Gasteiger partial charge in [0.1, 0.15) is 0 Å². The van der Waals surface area contributed by atoms with Crippen LogP contribution < -0.4 is 5.32 Å². The Hall–Kier alpha value is -2.95. The predicted molar refractivity (Wildman–Crippen MR) is 83.6 cm³/mol. The lowest BCUT2D eigenvalue weighted by atomic mass is 10.1. The molecule has 0 bridgehead atoms. The summed E-state index contributed by atoms with van der Waals surface area (Å²) in [7, 11) is 0. The van der Waals surface area contributed by atoms with Crippen molar-refractivity contribution in [3.05, 3.63) is 65.2 Å². The molecule has 1 aromatic heterocycles. The third kappa shape index (κ3) is 3.03. The summed E-state index contributed by atoms with van der Waals surface area (Å²) in [6.45, 7) is 3.92. The van der Waals surface area contributed by atoms with Gasteiger partial charge in [-0.1, -0.05) is 40.5 Å². The van der Waals surface area contributed by atoms with E-state index in [-0.39, 0.29) is 11.9 Å². The Bertz CT molecular complexity index is 824. The Balaban J connectivity index is 1.78. The van der Waals surface area contributed by atoms with E-state index in [9.17, 15) is 4.79 Å². The first-order valence-corrected chi connectivity index (χ1v) is 6.90. The first-order chi connectivity index (χ1) is 10.6. The molecule has 0 unspecified atom stereocenters. The zero-order valence-corrected chi connectivity index (χ0v) is 12.3. The number of benzene rings is 2. The molecule has 5 heteroatoms. The van der Waals surface area contributed by atoms with Crippen LogP contribution in [0.5, 0.6) is 0 Å². The zero-order valence-electron chi connectivity index (χ0n) is 12.3. The standard InChI is InChI=1S/C17H15N3O2/c1-11-5-3-7-13(9-11)15(21)18-17-20-19-16(22-17)14-8-4-6-12(2)10-14/h3-10H,1-2H3,(H,18,20,21). The second-order valence-electron chi connectivity index (χ2n) is 5.11. The molecule has 3 aromatic rings. The third-order valence-corrected chi connectivity index (χ3v) is 3.19. The summed E-state index contributed by atoms with van der Waals surface area (Å²) in [5, 5.41) is 10.4. The molecule has 0 saturated heterocycles. The molecule has 0 spiro atoms. The highest BCUT2D eigenvalue weighted by atomic mass is 16.4. The van der Waals surface area contributed by atoms with Crippen molar-refractivity contribution in [2.45, 2.75) is 13.8 Å². The quantitative estimate of drug-likeness (QED) is 0.801. The van der Waals surface area contributed by atoms with Crippen LogP contribution in [0.25, 0.3) is 11.5 Å². The van der Waals surface area contributed by atoms with E-state index in [4.69, 9.17) is 4.42 Å². The lowest BCUT2D eigenvalue weighted by Crippen LogP contribution is -2.12. The summed E-state index contributed by atoms with van der Waals surface area (Å²) < 4.78 is 5.49. The second kappa shape index (κ2) is 5.81. The molecule has 0 saturated carbocycles. The smallest absolute Gasteiger partial charge is 0.322 e. The van der Waals surface area contributed by atoms with Gasteiger partial charge in [-0.05, 0) is 38.1 Å². The number of carbonyl (C=O) groups is 1. The van der Waals surface area contributed by atoms with Crippen molar-refractivity contribution in [3.63, 3.8) is 0 Å². The summed E-state index contributed by atoms with van der Waals surface area (Å²) in [6, 6.07) is 15.1. The fraction of sp³-hybridized carbons (Fsp3) is 0.118. The highest BCUT2D eigenvalue weighted by Gasteiger charge is 2.12. The van der Waals surface area contributed by atoms with Gasteiger partial charge in [0.15, 0.2) is 0 Å². The number of anilines is 1. The first-order valence-electron chi connectivity index (χ1n) is 6.90. The molecular formula is C17H15N3O2. The van der Waals surface area contributed by atoms with Crippen LogP contribution in [-0.2, 0) is 0 Å². The van der Waals surface area contributed by atoms with Gasteiger partial charge < -0.3 is 4.42 Å². The molecule has 0 aliphatic rings. The number of hydrogen-bond donors (Lipinski definition) is 1. The van der Waals surface area contributed by atoms with Crippen molar-refractivity contribution >= 4 is 11.9 Å². The van der Waals surface area contributed by atoms with E-state index < -0.39 is 0 Å². The van der Waals surface area contributed by atoms with Crippen molar-refractivity contribution in [1.29, 1.82) is 0 Å². The average molecular weight is 293 g/mol. The second-order valence-corrected chi connectivity index (χ2v) is 5.11. The van der Waals surface area contributed by atoms with E-state index in [1.54, 1.807) is 12.1 Å². The Labute approximate surface area is 128 Å². The predicted octanol–water partition coefficient (Wildman–Crippen LogP) is 3.61. The summed E-state index contributed by atoms with van der Waals surface area (Å²) in [4.78, 5) is 12.1. The zero-order chi connectivity index (χ0) is 15.5. The number of nitrogens with one attached hydrogen (secondary N) is 1. The van der Waals surface area contributed by atoms with Gasteiger partial charge in [0, 0.05) is 11.1 Å². The molecule has 0 atom stereocenters. The van der Waals surface area contributed by atoms with E-state index in [1.165, 1.54) is 0 Å². The molecule has 1 amide bonds. The molecule has 1 N–H and O–H groups in total. The molecule has 1 heterocycles. The van der Waals surface area contributed by atoms with Crippen LogP contribution in [0.15, 0.2) is 52.9 Å². The lowest BCUT2D eigenvalue weighted by molar-refractivity contribution is 0.102. The Morgan fingerprint density at radius 1 is 1.00 bits per heavy atom. The maximum atomic E-state index is 12.1. The maximum absolute atomic E-state index is 12.1. The highest BCUT2D eigenvalue weighted by molar-refractivity contribution is 6.03. The minimum Gasteiger partial charge on any atom is -0.403 e. The van der Waals surface area contributed by atoms with Crippen molar-refractivity contribution in [1.82, 2.24) is 10.2 Å². The van der Waals surface area contributed by atoms with E-state index in [0.717, 1.165) is 16.7 Å². The van der Waals surface area contributed by atoms with E-state index in [1.807, 2.05) is 50.2 Å². The minimum absolute atomic E-state index is 0.0861. The van der Waals surface area contributed by atoms with Crippen LogP contribution >= 0.6 is 0 Å². The van der Waals surface area contributed by atoms with Gasteiger partial charge >= 0.3 is 6.01 Å². The monoisotopic (exact) mass is 293 g/mol. The summed E-state index contributed by atoms with van der Waals surface area (Å²) in [6.07, 6.45) is 0. The number of hydrogen-bond acceptors (Lipinski definition) is 4. The molecule has 3 rings (SSSR count). The van der Waals surface area contributed by atoms with Crippen LogP contribution in [0.1, 0.15) is 21.5 Å². The van der Waals surface area contributed by atoms with Gasteiger partial charge in [0.2, 0.25) is 5.89 Å². The van der Waals surface area contributed by atoms with Crippen LogP contribution in [-0.4, -0.2) is 16.1 Å². The molecule has 0 aliphatic heterocycles. The molecule has 2 aromatic carbocycles. The van der Waals surface area contributed by atoms with Crippen molar-refractivity contribution in [2.24, 2.45) is 0 Å². The van der Waals surface area contributed by atoms with E-state index in [2.05, 4.69) is 15.5 Å². The molecule has 5 nitrogen and oxygen atoms in total. The van der Waals surface area contributed by atoms with Crippen LogP contribution in [0.3, 0.4) is 0 Å². The Morgan fingerprint density at radius 3 is 2.45 bits per heavy atom. The number of aromatic nitrogens is 2. The van der Waals surface area contributed by atoms with Gasteiger partial charge in [-0.2, -0.15) is 0 Å². The lowest BCUT2D eigenvalue weighted by Gasteiger charge is -2.01. The number of rotatable bonds is 3. The van der Waals surface area contributed by atoms with Crippen LogP contribution in [0, 0.1) is 13.8 Å². The molecule has 22 heavy (non-hydrogen) atoms. The average Bonchev–Trinajstić information content (AvgIpc) is 2.96.